The number of fused-ring (bicyclic) bond motifs is 1. The van der Waals surface area contributed by atoms with Gasteiger partial charge < -0.3 is 10.0 Å². The lowest BCUT2D eigenvalue weighted by Gasteiger charge is -2.47. The Bertz CT molecular complexity index is 601. The van der Waals surface area contributed by atoms with Gasteiger partial charge in [-0.15, -0.1) is 0 Å². The summed E-state index contributed by atoms with van der Waals surface area (Å²) in [6.45, 7) is 10.5. The number of benzene rings is 1. The van der Waals surface area contributed by atoms with Crippen molar-refractivity contribution in [2.75, 3.05) is 4.90 Å². The molecular formula is C19H27NO2. The average molecular weight is 301 g/mol. The van der Waals surface area contributed by atoms with Crippen LogP contribution in [0.1, 0.15) is 58.1 Å². The Labute approximate surface area is 133 Å². The molecule has 1 aromatic carbocycles. The zero-order valence-electron chi connectivity index (χ0n) is 14.3. The quantitative estimate of drug-likeness (QED) is 0.861. The molecule has 0 aliphatic carbocycles. The smallest absolute Gasteiger partial charge is 0.326 e. The van der Waals surface area contributed by atoms with Crippen molar-refractivity contribution in [2.24, 2.45) is 0 Å². The maximum absolute atomic E-state index is 11.9. The fraction of sp³-hybridized carbons (Fsp3) is 0.526. The second-order valence-electron chi connectivity index (χ2n) is 6.82. The van der Waals surface area contributed by atoms with Crippen LogP contribution in [0.3, 0.4) is 0 Å². The van der Waals surface area contributed by atoms with Crippen molar-refractivity contribution >= 4 is 17.2 Å². The van der Waals surface area contributed by atoms with Gasteiger partial charge in [-0.3, -0.25) is 0 Å². The number of nitrogens with zero attached hydrogens (tertiary/aromatic N) is 1. The van der Waals surface area contributed by atoms with Crippen molar-refractivity contribution in [1.82, 2.24) is 0 Å². The van der Waals surface area contributed by atoms with Crippen molar-refractivity contribution in [3.8, 4) is 0 Å². The summed E-state index contributed by atoms with van der Waals surface area (Å²) in [5, 5.41) is 9.80. The molecule has 3 heteroatoms. The minimum atomic E-state index is -0.733. The average Bonchev–Trinajstić information content (AvgIpc) is 2.42. The third-order valence-corrected chi connectivity index (χ3v) is 4.52. The molecule has 3 nitrogen and oxygen atoms in total. The fourth-order valence-corrected chi connectivity index (χ4v) is 3.58. The van der Waals surface area contributed by atoms with Crippen LogP contribution in [0, 0.1) is 6.92 Å². The third kappa shape index (κ3) is 2.90. The highest BCUT2D eigenvalue weighted by atomic mass is 16.4. The molecule has 1 N–H and O–H groups in total. The van der Waals surface area contributed by atoms with Crippen molar-refractivity contribution in [1.29, 1.82) is 0 Å². The number of hydrogen-bond acceptors (Lipinski definition) is 2. The van der Waals surface area contributed by atoms with Gasteiger partial charge in [0, 0.05) is 11.3 Å². The van der Waals surface area contributed by atoms with Gasteiger partial charge in [-0.25, -0.2) is 4.79 Å². The Hall–Kier alpha value is -1.77. The van der Waals surface area contributed by atoms with Gasteiger partial charge >= 0.3 is 5.97 Å². The van der Waals surface area contributed by atoms with Gasteiger partial charge in [0.15, 0.2) is 0 Å². The van der Waals surface area contributed by atoms with Crippen LogP contribution in [0.4, 0.5) is 5.69 Å². The van der Waals surface area contributed by atoms with Gasteiger partial charge in [0.05, 0.1) is 5.54 Å². The van der Waals surface area contributed by atoms with Crippen LogP contribution in [0.2, 0.25) is 0 Å². The van der Waals surface area contributed by atoms with E-state index >= 15 is 0 Å². The molecule has 0 fully saturated rings. The van der Waals surface area contributed by atoms with Gasteiger partial charge in [-0.05, 0) is 45.3 Å². The summed E-state index contributed by atoms with van der Waals surface area (Å²) >= 11 is 0. The zero-order valence-corrected chi connectivity index (χ0v) is 14.3. The van der Waals surface area contributed by atoms with E-state index in [0.29, 0.717) is 6.42 Å². The van der Waals surface area contributed by atoms with Gasteiger partial charge in [-0.2, -0.15) is 0 Å². The van der Waals surface area contributed by atoms with Crippen LogP contribution in [-0.2, 0) is 4.79 Å². The van der Waals surface area contributed by atoms with E-state index in [2.05, 4.69) is 57.7 Å². The number of carboxylic acid groups (broad SMARTS) is 1. The molecule has 0 amide bonds. The largest absolute Gasteiger partial charge is 0.480 e. The summed E-state index contributed by atoms with van der Waals surface area (Å²) in [4.78, 5) is 14.0. The van der Waals surface area contributed by atoms with E-state index in [0.717, 1.165) is 29.7 Å². The Morgan fingerprint density at radius 3 is 2.59 bits per heavy atom. The van der Waals surface area contributed by atoms with E-state index in [4.69, 9.17) is 0 Å². The van der Waals surface area contributed by atoms with Crippen LogP contribution >= 0.6 is 0 Å². The normalized spacial score (nSPS) is 17.7. The monoisotopic (exact) mass is 301 g/mol. The summed E-state index contributed by atoms with van der Waals surface area (Å²) < 4.78 is 0. The maximum atomic E-state index is 11.9. The third-order valence-electron chi connectivity index (χ3n) is 4.52. The zero-order chi connectivity index (χ0) is 16.5. The first-order valence-electron chi connectivity index (χ1n) is 8.11. The molecule has 1 aromatic rings. The molecule has 22 heavy (non-hydrogen) atoms. The summed E-state index contributed by atoms with van der Waals surface area (Å²) in [5.74, 6) is -0.733. The Kier molecular flexibility index (Phi) is 4.64. The molecule has 1 heterocycles. The molecular weight excluding hydrogens is 274 g/mol. The highest BCUT2D eigenvalue weighted by Gasteiger charge is 2.39. The van der Waals surface area contributed by atoms with Crippen molar-refractivity contribution in [3.05, 3.63) is 35.4 Å². The number of carbonyl (C=O) groups is 1. The first-order valence-corrected chi connectivity index (χ1v) is 8.11. The number of aryl methyl sites for hydroxylation is 1. The Balaban J connectivity index is 2.60. The van der Waals surface area contributed by atoms with E-state index in [9.17, 15) is 9.90 Å². The molecule has 0 saturated heterocycles. The SMILES string of the molecule is CCCCC(C(=O)O)N1c2c(C)cccc2C(C)=CC1(C)C. The fourth-order valence-electron chi connectivity index (χ4n) is 3.58. The molecule has 120 valence electrons. The maximum Gasteiger partial charge on any atom is 0.326 e. The number of rotatable bonds is 5. The lowest BCUT2D eigenvalue weighted by atomic mass is 9.85. The molecule has 2 rings (SSSR count). The van der Waals surface area contributed by atoms with Gasteiger partial charge in [0.25, 0.3) is 0 Å². The highest BCUT2D eigenvalue weighted by Crippen LogP contribution is 2.42. The van der Waals surface area contributed by atoms with E-state index < -0.39 is 12.0 Å². The Morgan fingerprint density at radius 1 is 1.32 bits per heavy atom. The second-order valence-corrected chi connectivity index (χ2v) is 6.82. The summed E-state index contributed by atoms with van der Waals surface area (Å²) in [5.41, 5.74) is 4.29. The van der Waals surface area contributed by atoms with E-state index in [1.807, 2.05) is 6.07 Å². The van der Waals surface area contributed by atoms with Crippen LogP contribution in [0.5, 0.6) is 0 Å². The number of unbranched alkanes of at least 4 members (excludes halogenated alkanes) is 1. The number of anilines is 1. The lowest BCUT2D eigenvalue weighted by Crippen LogP contribution is -2.54. The molecule has 1 unspecified atom stereocenters. The molecule has 1 aliphatic rings. The van der Waals surface area contributed by atoms with Crippen LogP contribution in [0.25, 0.3) is 5.57 Å². The number of hydrogen-bond donors (Lipinski definition) is 1. The standard InChI is InChI=1S/C19H27NO2/c1-6-7-11-16(18(21)22)20-17-13(2)9-8-10-15(17)14(3)12-19(20,4)5/h8-10,12,16H,6-7,11H2,1-5H3,(H,21,22). The molecule has 0 saturated carbocycles. The van der Waals surface area contributed by atoms with Gasteiger partial charge in [0.1, 0.15) is 6.04 Å². The van der Waals surface area contributed by atoms with Crippen LogP contribution < -0.4 is 4.90 Å². The highest BCUT2D eigenvalue weighted by molar-refractivity contribution is 5.88. The van der Waals surface area contributed by atoms with Gasteiger partial charge in [0.2, 0.25) is 0 Å². The van der Waals surface area contributed by atoms with E-state index in [1.165, 1.54) is 5.57 Å². The van der Waals surface area contributed by atoms with Crippen molar-refractivity contribution in [3.63, 3.8) is 0 Å². The summed E-state index contributed by atoms with van der Waals surface area (Å²) in [6, 6.07) is 5.72. The second kappa shape index (κ2) is 6.15. The van der Waals surface area contributed by atoms with E-state index in [-0.39, 0.29) is 5.54 Å². The first-order chi connectivity index (χ1) is 10.3. The van der Waals surface area contributed by atoms with Crippen LogP contribution in [0.15, 0.2) is 24.3 Å². The number of aliphatic carboxylic acids is 1. The molecule has 1 aliphatic heterocycles. The first kappa shape index (κ1) is 16.6. The molecule has 0 radical (unpaired) electrons. The van der Waals surface area contributed by atoms with Crippen molar-refractivity contribution in [2.45, 2.75) is 65.5 Å². The molecule has 1 atom stereocenters. The predicted octanol–water partition coefficient (Wildman–Crippen LogP) is 4.64. The topological polar surface area (TPSA) is 40.5 Å². The number of allylic oxidation sites excluding steroid dienone is 1. The predicted molar refractivity (Wildman–Crippen MR) is 92.3 cm³/mol. The Morgan fingerprint density at radius 2 is 2.00 bits per heavy atom. The van der Waals surface area contributed by atoms with Gasteiger partial charge in [-0.1, -0.05) is 44.0 Å². The van der Waals surface area contributed by atoms with Crippen LogP contribution in [-0.4, -0.2) is 22.7 Å². The lowest BCUT2D eigenvalue weighted by molar-refractivity contribution is -0.139. The number of para-hydroxylation sites is 1. The molecule has 0 aromatic heterocycles. The number of carboxylic acids is 1. The minimum Gasteiger partial charge on any atom is -0.480 e. The minimum absolute atomic E-state index is 0.306. The molecule has 0 spiro atoms. The summed E-state index contributed by atoms with van der Waals surface area (Å²) in [7, 11) is 0. The summed E-state index contributed by atoms with van der Waals surface area (Å²) in [6.07, 6.45) is 4.80. The van der Waals surface area contributed by atoms with E-state index in [1.54, 1.807) is 0 Å². The van der Waals surface area contributed by atoms with Crippen molar-refractivity contribution < 1.29 is 9.90 Å². The molecule has 0 bridgehead atoms.